The van der Waals surface area contributed by atoms with Crippen molar-refractivity contribution in [1.29, 1.82) is 0 Å². The average molecular weight is 400 g/mol. The summed E-state index contributed by atoms with van der Waals surface area (Å²) in [7, 11) is 1.24. The minimum atomic E-state index is -3.03. The number of methoxy groups -OCH3 is 1. The molecule has 2 aromatic rings. The van der Waals surface area contributed by atoms with Crippen molar-refractivity contribution in [2.75, 3.05) is 13.7 Å². The maximum Gasteiger partial charge on any atom is 0.387 e. The Bertz CT molecular complexity index is 799. The number of esters is 1. The lowest BCUT2D eigenvalue weighted by atomic mass is 10.2. The standard InChI is InChI=1S/C18H16ClF2NO5/c1-25-15-8-12(4-7-14(15)27-18(20)21)17(24)26-10-16(23)22-9-11-2-5-13(19)6-3-11/h2-8,18H,9-10H2,1H3,(H,22,23). The molecule has 0 saturated heterocycles. The van der Waals surface area contributed by atoms with E-state index < -0.39 is 25.1 Å². The Morgan fingerprint density at radius 2 is 1.81 bits per heavy atom. The number of hydrogen-bond donors (Lipinski definition) is 1. The first-order valence-electron chi connectivity index (χ1n) is 7.70. The van der Waals surface area contributed by atoms with E-state index in [2.05, 4.69) is 10.1 Å². The van der Waals surface area contributed by atoms with Crippen LogP contribution in [0.5, 0.6) is 11.5 Å². The van der Waals surface area contributed by atoms with E-state index in [0.29, 0.717) is 5.02 Å². The highest BCUT2D eigenvalue weighted by atomic mass is 35.5. The molecule has 27 heavy (non-hydrogen) atoms. The fourth-order valence-corrected chi connectivity index (χ4v) is 2.18. The zero-order chi connectivity index (χ0) is 19.8. The first-order valence-corrected chi connectivity index (χ1v) is 8.08. The molecule has 6 nitrogen and oxygen atoms in total. The van der Waals surface area contributed by atoms with Crippen molar-refractivity contribution in [1.82, 2.24) is 5.32 Å². The number of amides is 1. The molecule has 1 N–H and O–H groups in total. The number of carbonyl (C=O) groups excluding carboxylic acids is 2. The highest BCUT2D eigenvalue weighted by molar-refractivity contribution is 6.30. The Morgan fingerprint density at radius 3 is 2.44 bits per heavy atom. The van der Waals surface area contributed by atoms with Gasteiger partial charge in [0, 0.05) is 11.6 Å². The van der Waals surface area contributed by atoms with E-state index in [-0.39, 0.29) is 23.6 Å². The van der Waals surface area contributed by atoms with Gasteiger partial charge in [0.05, 0.1) is 12.7 Å². The third-order valence-corrected chi connectivity index (χ3v) is 3.60. The third-order valence-electron chi connectivity index (χ3n) is 3.35. The van der Waals surface area contributed by atoms with Crippen molar-refractivity contribution in [3.8, 4) is 11.5 Å². The predicted molar refractivity (Wildman–Crippen MR) is 93.2 cm³/mol. The van der Waals surface area contributed by atoms with E-state index >= 15 is 0 Å². The summed E-state index contributed by atoms with van der Waals surface area (Å²) in [6.07, 6.45) is 0. The van der Waals surface area contributed by atoms with Gasteiger partial charge in [0.15, 0.2) is 18.1 Å². The van der Waals surface area contributed by atoms with Crippen molar-refractivity contribution >= 4 is 23.5 Å². The van der Waals surface area contributed by atoms with Gasteiger partial charge >= 0.3 is 12.6 Å². The molecule has 2 rings (SSSR count). The Morgan fingerprint density at radius 1 is 1.11 bits per heavy atom. The molecule has 144 valence electrons. The summed E-state index contributed by atoms with van der Waals surface area (Å²) < 4.78 is 38.7. The predicted octanol–water partition coefficient (Wildman–Crippen LogP) is 3.42. The molecule has 0 aliphatic heterocycles. The lowest BCUT2D eigenvalue weighted by Gasteiger charge is -2.11. The van der Waals surface area contributed by atoms with E-state index in [1.165, 1.54) is 19.2 Å². The van der Waals surface area contributed by atoms with E-state index in [4.69, 9.17) is 21.1 Å². The van der Waals surface area contributed by atoms with Gasteiger partial charge in [-0.25, -0.2) is 4.79 Å². The van der Waals surface area contributed by atoms with Gasteiger partial charge in [0.2, 0.25) is 0 Å². The molecule has 0 saturated carbocycles. The molecule has 0 aromatic heterocycles. The topological polar surface area (TPSA) is 73.9 Å². The molecule has 2 aromatic carbocycles. The zero-order valence-corrected chi connectivity index (χ0v) is 15.0. The molecule has 0 atom stereocenters. The maximum atomic E-state index is 12.3. The molecular weight excluding hydrogens is 384 g/mol. The summed E-state index contributed by atoms with van der Waals surface area (Å²) >= 11 is 5.77. The first-order chi connectivity index (χ1) is 12.9. The van der Waals surface area contributed by atoms with Gasteiger partial charge in [-0.05, 0) is 35.9 Å². The SMILES string of the molecule is COc1cc(C(=O)OCC(=O)NCc2ccc(Cl)cc2)ccc1OC(F)F. The lowest BCUT2D eigenvalue weighted by Crippen LogP contribution is -2.28. The summed E-state index contributed by atoms with van der Waals surface area (Å²) in [6, 6.07) is 10.5. The van der Waals surface area contributed by atoms with Crippen LogP contribution in [0.25, 0.3) is 0 Å². The molecular formula is C18H16ClF2NO5. The van der Waals surface area contributed by atoms with Crippen molar-refractivity contribution in [3.63, 3.8) is 0 Å². The van der Waals surface area contributed by atoms with Crippen LogP contribution in [0.1, 0.15) is 15.9 Å². The van der Waals surface area contributed by atoms with Crippen LogP contribution in [0.4, 0.5) is 8.78 Å². The number of rotatable bonds is 8. The largest absolute Gasteiger partial charge is 0.493 e. The van der Waals surface area contributed by atoms with Gasteiger partial charge in [-0.2, -0.15) is 8.78 Å². The number of benzene rings is 2. The van der Waals surface area contributed by atoms with E-state index in [1.807, 2.05) is 0 Å². The second-order valence-electron chi connectivity index (χ2n) is 5.22. The van der Waals surface area contributed by atoms with Crippen molar-refractivity contribution < 1.29 is 32.6 Å². The van der Waals surface area contributed by atoms with E-state index in [0.717, 1.165) is 11.6 Å². The highest BCUT2D eigenvalue weighted by Gasteiger charge is 2.16. The Balaban J connectivity index is 1.87. The molecule has 0 fully saturated rings. The van der Waals surface area contributed by atoms with Gasteiger partial charge < -0.3 is 19.5 Å². The van der Waals surface area contributed by atoms with Crippen LogP contribution in [0, 0.1) is 0 Å². The summed E-state index contributed by atoms with van der Waals surface area (Å²) in [4.78, 5) is 23.8. The van der Waals surface area contributed by atoms with Crippen LogP contribution >= 0.6 is 11.6 Å². The van der Waals surface area contributed by atoms with Crippen LogP contribution < -0.4 is 14.8 Å². The number of alkyl halides is 2. The Kier molecular flexibility index (Phi) is 7.36. The van der Waals surface area contributed by atoms with E-state index in [1.54, 1.807) is 24.3 Å². The molecule has 0 aliphatic rings. The molecule has 1 amide bonds. The highest BCUT2D eigenvalue weighted by Crippen LogP contribution is 2.29. The van der Waals surface area contributed by atoms with Crippen molar-refractivity contribution in [3.05, 3.63) is 58.6 Å². The summed E-state index contributed by atoms with van der Waals surface area (Å²) in [6.45, 7) is -3.27. The summed E-state index contributed by atoms with van der Waals surface area (Å²) in [5.41, 5.74) is 0.859. The second-order valence-corrected chi connectivity index (χ2v) is 5.66. The number of halogens is 3. The number of nitrogens with one attached hydrogen (secondary N) is 1. The normalized spacial score (nSPS) is 10.4. The van der Waals surface area contributed by atoms with Gasteiger partial charge in [0.25, 0.3) is 5.91 Å². The van der Waals surface area contributed by atoms with Crippen LogP contribution in [-0.2, 0) is 16.1 Å². The van der Waals surface area contributed by atoms with E-state index in [9.17, 15) is 18.4 Å². The summed E-state index contributed by atoms with van der Waals surface area (Å²) in [5, 5.41) is 3.17. The third kappa shape index (κ3) is 6.41. The van der Waals surface area contributed by atoms with Crippen LogP contribution in [0.3, 0.4) is 0 Å². The number of hydrogen-bond acceptors (Lipinski definition) is 5. The average Bonchev–Trinajstić information content (AvgIpc) is 2.65. The Hall–Kier alpha value is -2.87. The molecule has 9 heteroatoms. The van der Waals surface area contributed by atoms with Gasteiger partial charge in [0.1, 0.15) is 0 Å². The second kappa shape index (κ2) is 9.72. The molecule has 0 spiro atoms. The van der Waals surface area contributed by atoms with Crippen LogP contribution in [0.15, 0.2) is 42.5 Å². The summed E-state index contributed by atoms with van der Waals surface area (Å²) in [5.74, 6) is -1.58. The van der Waals surface area contributed by atoms with Crippen LogP contribution in [-0.4, -0.2) is 32.2 Å². The fraction of sp³-hybridized carbons (Fsp3) is 0.222. The van der Waals surface area contributed by atoms with Gasteiger partial charge in [-0.1, -0.05) is 23.7 Å². The fourth-order valence-electron chi connectivity index (χ4n) is 2.06. The molecule has 0 unspecified atom stereocenters. The first kappa shape index (κ1) is 20.4. The van der Waals surface area contributed by atoms with Gasteiger partial charge in [-0.3, -0.25) is 4.79 Å². The van der Waals surface area contributed by atoms with Crippen LogP contribution in [0.2, 0.25) is 5.02 Å². The van der Waals surface area contributed by atoms with Crippen molar-refractivity contribution in [2.45, 2.75) is 13.2 Å². The molecule has 0 aliphatic carbocycles. The zero-order valence-electron chi connectivity index (χ0n) is 14.2. The maximum absolute atomic E-state index is 12.3. The Labute approximate surface area is 159 Å². The molecule has 0 heterocycles. The quantitative estimate of drug-likeness (QED) is 0.688. The van der Waals surface area contributed by atoms with Crippen molar-refractivity contribution in [2.24, 2.45) is 0 Å². The van der Waals surface area contributed by atoms with Gasteiger partial charge in [-0.15, -0.1) is 0 Å². The lowest BCUT2D eigenvalue weighted by molar-refractivity contribution is -0.124. The number of ether oxygens (including phenoxy) is 3. The minimum absolute atomic E-state index is 0.0268. The molecule has 0 radical (unpaired) electrons. The molecule has 0 bridgehead atoms. The smallest absolute Gasteiger partial charge is 0.387 e. The monoisotopic (exact) mass is 399 g/mol. The number of carbonyl (C=O) groups is 2. The minimum Gasteiger partial charge on any atom is -0.493 e.